The molecule has 1 amide bonds. The van der Waals surface area contributed by atoms with Crippen molar-refractivity contribution in [3.05, 3.63) is 77.4 Å². The van der Waals surface area contributed by atoms with Gasteiger partial charge in [-0.15, -0.1) is 0 Å². The number of anilines is 3. The van der Waals surface area contributed by atoms with E-state index in [0.717, 1.165) is 31.8 Å². The van der Waals surface area contributed by atoms with Crippen molar-refractivity contribution in [3.63, 3.8) is 0 Å². The van der Waals surface area contributed by atoms with Crippen molar-refractivity contribution in [3.8, 4) is 0 Å². The molecule has 0 bridgehead atoms. The molecular weight excluding hydrogens is 616 g/mol. The van der Waals surface area contributed by atoms with E-state index >= 15 is 0 Å². The fraction of sp³-hybridized carbons (Fsp3) is 0.375. The standard InChI is InChI=1S/C32H38F4N10O/c1-4-39-26-27(42-31(43-28(26)37)46-9-8-22(33)18-46)29(38)41-25-14-20(7-6-19(25)3)30(47)40-23-15-21(32(34,35)36)16-24(17-23)45-12-10-44(5-2)11-13-45/h4,6-7,14-17,22,41H,1,5,8-13,18,38H2,2-3H3,(H,40,47)(H2,37,42,43)/b29-27-,39-26+/t22-/m0/s1. The topological polar surface area (TPSA) is 140 Å². The van der Waals surface area contributed by atoms with Crippen LogP contribution in [0.25, 0.3) is 0 Å². The third kappa shape index (κ3) is 7.73. The molecule has 15 heteroatoms. The number of aliphatic imine (C=N–C) groups is 3. The molecule has 0 spiro atoms. The Morgan fingerprint density at radius 2 is 1.83 bits per heavy atom. The number of nitrogens with zero attached hydrogens (tertiary/aromatic N) is 6. The molecule has 2 aromatic rings. The molecular formula is C32H38F4N10O. The maximum absolute atomic E-state index is 13.9. The molecule has 0 aromatic heterocycles. The molecule has 3 aliphatic heterocycles. The molecule has 0 unspecified atom stereocenters. The summed E-state index contributed by atoms with van der Waals surface area (Å²) in [6.45, 7) is 11.4. The van der Waals surface area contributed by atoms with Gasteiger partial charge in [-0.05, 0) is 55.8 Å². The van der Waals surface area contributed by atoms with Crippen LogP contribution in [-0.4, -0.2) is 85.2 Å². The van der Waals surface area contributed by atoms with Crippen LogP contribution in [0.5, 0.6) is 0 Å². The summed E-state index contributed by atoms with van der Waals surface area (Å²) in [6, 6.07) is 8.36. The molecule has 0 aliphatic carbocycles. The van der Waals surface area contributed by atoms with Gasteiger partial charge < -0.3 is 36.8 Å². The first-order valence-corrected chi connectivity index (χ1v) is 15.3. The van der Waals surface area contributed by atoms with Gasteiger partial charge >= 0.3 is 6.18 Å². The highest BCUT2D eigenvalue weighted by molar-refractivity contribution is 6.49. The number of nitrogens with two attached hydrogens (primary N) is 2. The van der Waals surface area contributed by atoms with Crippen LogP contribution in [0.2, 0.25) is 0 Å². The van der Waals surface area contributed by atoms with Crippen LogP contribution in [0.4, 0.5) is 34.6 Å². The van der Waals surface area contributed by atoms with Gasteiger partial charge in [-0.2, -0.15) is 18.2 Å². The Morgan fingerprint density at radius 3 is 2.47 bits per heavy atom. The maximum atomic E-state index is 13.9. The summed E-state index contributed by atoms with van der Waals surface area (Å²) >= 11 is 0. The highest BCUT2D eigenvalue weighted by Gasteiger charge is 2.33. The first kappa shape index (κ1) is 33.4. The number of alkyl halides is 4. The number of hydrogen-bond donors (Lipinski definition) is 4. The Morgan fingerprint density at radius 1 is 1.09 bits per heavy atom. The van der Waals surface area contributed by atoms with Crippen molar-refractivity contribution in [1.82, 2.24) is 9.80 Å². The largest absolute Gasteiger partial charge is 0.416 e. The molecule has 11 nitrogen and oxygen atoms in total. The quantitative estimate of drug-likeness (QED) is 0.327. The van der Waals surface area contributed by atoms with Crippen LogP contribution in [0, 0.1) is 6.92 Å². The fourth-order valence-electron chi connectivity index (χ4n) is 5.56. The van der Waals surface area contributed by atoms with Crippen molar-refractivity contribution in [2.24, 2.45) is 26.4 Å². The summed E-state index contributed by atoms with van der Waals surface area (Å²) in [5.41, 5.74) is 13.8. The van der Waals surface area contributed by atoms with Crippen LogP contribution >= 0.6 is 0 Å². The van der Waals surface area contributed by atoms with Crippen molar-refractivity contribution in [2.45, 2.75) is 32.6 Å². The summed E-state index contributed by atoms with van der Waals surface area (Å²) in [4.78, 5) is 32.1. The second-order valence-corrected chi connectivity index (χ2v) is 11.5. The number of nitrogens with one attached hydrogen (secondary N) is 2. The lowest BCUT2D eigenvalue weighted by molar-refractivity contribution is -0.137. The first-order chi connectivity index (χ1) is 22.4. The van der Waals surface area contributed by atoms with E-state index in [2.05, 4.69) is 37.1 Å². The van der Waals surface area contributed by atoms with Gasteiger partial charge in [0.1, 0.15) is 23.4 Å². The summed E-state index contributed by atoms with van der Waals surface area (Å²) in [5.74, 6) is -0.362. The van der Waals surface area contributed by atoms with Crippen LogP contribution < -0.4 is 27.0 Å². The number of likely N-dealkylation sites (N-methyl/N-ethyl adjacent to an activating group) is 1. The molecule has 47 heavy (non-hydrogen) atoms. The zero-order valence-electron chi connectivity index (χ0n) is 26.2. The number of carbonyl (C=O) groups excluding carboxylic acids is 1. The van der Waals surface area contributed by atoms with Crippen molar-refractivity contribution in [1.29, 1.82) is 0 Å². The van der Waals surface area contributed by atoms with Crippen molar-refractivity contribution >= 4 is 40.5 Å². The van der Waals surface area contributed by atoms with Crippen LogP contribution in [0.15, 0.2) is 75.7 Å². The maximum Gasteiger partial charge on any atom is 0.416 e. The third-order valence-corrected chi connectivity index (χ3v) is 8.24. The predicted molar refractivity (Wildman–Crippen MR) is 178 cm³/mol. The minimum atomic E-state index is -4.60. The van der Waals surface area contributed by atoms with E-state index in [9.17, 15) is 22.4 Å². The summed E-state index contributed by atoms with van der Waals surface area (Å²) in [6.07, 6.45) is -4.02. The summed E-state index contributed by atoms with van der Waals surface area (Å²) in [5, 5.41) is 5.69. The Bertz CT molecular complexity index is 1660. The average molecular weight is 655 g/mol. The number of aryl methyl sites for hydroxylation is 1. The predicted octanol–water partition coefficient (Wildman–Crippen LogP) is 4.30. The molecule has 6 N–H and O–H groups in total. The lowest BCUT2D eigenvalue weighted by Gasteiger charge is -2.36. The van der Waals surface area contributed by atoms with Crippen molar-refractivity contribution < 1.29 is 22.4 Å². The molecule has 1 atom stereocenters. The van der Waals surface area contributed by atoms with Gasteiger partial charge in [0.2, 0.25) is 5.96 Å². The molecule has 2 fully saturated rings. The van der Waals surface area contributed by atoms with E-state index in [4.69, 9.17) is 11.5 Å². The van der Waals surface area contributed by atoms with Gasteiger partial charge in [-0.3, -0.25) is 9.79 Å². The highest BCUT2D eigenvalue weighted by atomic mass is 19.4. The second kappa shape index (κ2) is 13.8. The molecule has 250 valence electrons. The van der Waals surface area contributed by atoms with Gasteiger partial charge in [0.25, 0.3) is 5.91 Å². The smallest absolute Gasteiger partial charge is 0.383 e. The Labute approximate surface area is 270 Å². The van der Waals surface area contributed by atoms with Gasteiger partial charge in [0.15, 0.2) is 5.84 Å². The number of piperazine rings is 1. The number of rotatable bonds is 7. The second-order valence-electron chi connectivity index (χ2n) is 11.5. The number of carbonyl (C=O) groups is 1. The number of likely N-dealkylation sites (tertiary alicyclic amines) is 1. The molecule has 2 saturated heterocycles. The first-order valence-electron chi connectivity index (χ1n) is 15.3. The van der Waals surface area contributed by atoms with E-state index in [-0.39, 0.29) is 46.8 Å². The third-order valence-electron chi connectivity index (χ3n) is 8.24. The van der Waals surface area contributed by atoms with E-state index in [1.807, 2.05) is 11.8 Å². The SMILES string of the molecule is C=C/N=C1/C(N)=NC(N2CC[C@H](F)C2)=N/C1=C(/N)Nc1cc(C(=O)Nc2cc(N3CCN(CC)CC3)cc(C(F)(F)F)c2)ccc1C. The van der Waals surface area contributed by atoms with Gasteiger partial charge in [-0.25, -0.2) is 9.38 Å². The molecule has 2 aromatic carbocycles. The fourth-order valence-corrected chi connectivity index (χ4v) is 5.56. The number of guanidine groups is 1. The van der Waals surface area contributed by atoms with Crippen LogP contribution in [0.1, 0.15) is 34.8 Å². The summed E-state index contributed by atoms with van der Waals surface area (Å²) in [7, 11) is 0. The lowest BCUT2D eigenvalue weighted by atomic mass is 10.1. The molecule has 3 aliphatic rings. The number of benzene rings is 2. The van der Waals surface area contributed by atoms with E-state index in [1.165, 1.54) is 12.3 Å². The number of hydrogen-bond acceptors (Lipinski definition) is 10. The number of amides is 1. The lowest BCUT2D eigenvalue weighted by Crippen LogP contribution is -2.46. The zero-order chi connectivity index (χ0) is 33.9. The molecule has 3 heterocycles. The number of halogens is 4. The number of amidine groups is 1. The monoisotopic (exact) mass is 654 g/mol. The van der Waals surface area contributed by atoms with Gasteiger partial charge in [0, 0.05) is 61.5 Å². The molecule has 0 radical (unpaired) electrons. The highest BCUT2D eigenvalue weighted by Crippen LogP contribution is 2.35. The van der Waals surface area contributed by atoms with Gasteiger partial charge in [0.05, 0.1) is 12.1 Å². The van der Waals surface area contributed by atoms with Gasteiger partial charge in [-0.1, -0.05) is 19.6 Å². The molecule has 0 saturated carbocycles. The van der Waals surface area contributed by atoms with E-state index < -0.39 is 23.8 Å². The zero-order valence-corrected chi connectivity index (χ0v) is 26.2. The molecule has 5 rings (SSSR count). The van der Waals surface area contributed by atoms with E-state index in [0.29, 0.717) is 43.0 Å². The normalized spacial score (nSPS) is 21.0. The van der Waals surface area contributed by atoms with E-state index in [1.54, 1.807) is 30.0 Å². The van der Waals surface area contributed by atoms with Crippen LogP contribution in [-0.2, 0) is 6.18 Å². The minimum Gasteiger partial charge on any atom is -0.383 e. The average Bonchev–Trinajstić information content (AvgIpc) is 3.48. The Kier molecular flexibility index (Phi) is 9.84. The Balaban J connectivity index is 1.41. The van der Waals surface area contributed by atoms with Crippen LogP contribution in [0.3, 0.4) is 0 Å². The van der Waals surface area contributed by atoms with Crippen molar-refractivity contribution in [2.75, 3.05) is 61.3 Å². The minimum absolute atomic E-state index is 0.0227. The summed E-state index contributed by atoms with van der Waals surface area (Å²) < 4.78 is 55.5. The Hall–Kier alpha value is -4.92.